The van der Waals surface area contributed by atoms with Crippen LogP contribution in [0.2, 0.25) is 0 Å². The number of halogens is 3. The average molecular weight is 494 g/mol. The van der Waals surface area contributed by atoms with Gasteiger partial charge in [0.15, 0.2) is 11.5 Å². The molecule has 1 fully saturated rings. The fourth-order valence-corrected chi connectivity index (χ4v) is 3.39. The number of quaternary nitrogens is 1. The van der Waals surface area contributed by atoms with E-state index in [1.54, 1.807) is 12.1 Å². The second-order valence-corrected chi connectivity index (χ2v) is 8.75. The highest BCUT2D eigenvalue weighted by Crippen LogP contribution is 2.28. The predicted octanol–water partition coefficient (Wildman–Crippen LogP) is 1.79. The number of rotatable bonds is 4. The average Bonchev–Trinajstić information content (AvgIpc) is 3.24. The third kappa shape index (κ3) is 8.83. The summed E-state index contributed by atoms with van der Waals surface area (Å²) in [4.78, 5) is 32.9. The van der Waals surface area contributed by atoms with Crippen molar-refractivity contribution in [3.63, 3.8) is 0 Å². The van der Waals surface area contributed by atoms with Gasteiger partial charge in [-0.2, -0.15) is 13.2 Å². The lowest BCUT2D eigenvalue weighted by Gasteiger charge is -2.44. The Morgan fingerprint density at radius 3 is 2.17 bits per heavy atom. The van der Waals surface area contributed by atoms with E-state index in [1.807, 2.05) is 30.3 Å². The van der Waals surface area contributed by atoms with Gasteiger partial charge < -0.3 is 29.2 Å². The Morgan fingerprint density at radius 1 is 1.09 bits per heavy atom. The summed E-state index contributed by atoms with van der Waals surface area (Å²) in [5.74, 6) is 2.09. The molecular formula is C24H25F3N2O6. The summed E-state index contributed by atoms with van der Waals surface area (Å²) >= 11 is 0. The number of piperidine rings is 1. The van der Waals surface area contributed by atoms with Gasteiger partial charge in [0.05, 0.1) is 39.1 Å². The van der Waals surface area contributed by atoms with Crippen LogP contribution >= 0.6 is 0 Å². The molecule has 188 valence electrons. The molecular weight excluding hydrogens is 469 g/mol. The third-order valence-corrected chi connectivity index (χ3v) is 5.42. The number of alkyl halides is 3. The quantitative estimate of drug-likeness (QED) is 0.494. The van der Waals surface area contributed by atoms with E-state index < -0.39 is 29.6 Å². The monoisotopic (exact) mass is 494 g/mol. The summed E-state index contributed by atoms with van der Waals surface area (Å²) in [6.07, 6.45) is -4.07. The first-order chi connectivity index (χ1) is 16.2. The summed E-state index contributed by atoms with van der Waals surface area (Å²) in [6, 6.07) is 12.7. The molecule has 3 rings (SSSR count). The molecule has 1 aromatic heterocycles. The van der Waals surface area contributed by atoms with E-state index in [4.69, 9.17) is 14.3 Å². The number of hydrogen-bond donors (Lipinski definition) is 2. The van der Waals surface area contributed by atoms with Gasteiger partial charge in [-0.05, 0) is 30.2 Å². The molecule has 35 heavy (non-hydrogen) atoms. The van der Waals surface area contributed by atoms with Gasteiger partial charge in [-0.25, -0.2) is 0 Å². The SMILES string of the molecule is C[N+]1(C)CCC(CC(=O)O)(NC(=O)c2ccc(C#Cc3ccccc3)o2)CC1.O=C([O-])C(F)(F)F. The third-order valence-electron chi connectivity index (χ3n) is 5.42. The lowest BCUT2D eigenvalue weighted by molar-refractivity contribution is -0.896. The molecule has 1 aliphatic rings. The molecule has 1 amide bonds. The number of amides is 1. The van der Waals surface area contributed by atoms with Gasteiger partial charge in [0.2, 0.25) is 0 Å². The second kappa shape index (κ2) is 11.1. The van der Waals surface area contributed by atoms with Crippen LogP contribution in [0.25, 0.3) is 0 Å². The van der Waals surface area contributed by atoms with Crippen molar-refractivity contribution in [3.8, 4) is 11.8 Å². The van der Waals surface area contributed by atoms with Crippen molar-refractivity contribution in [2.24, 2.45) is 0 Å². The maximum Gasteiger partial charge on any atom is 0.430 e. The van der Waals surface area contributed by atoms with Crippen LogP contribution in [0.3, 0.4) is 0 Å². The predicted molar refractivity (Wildman–Crippen MR) is 116 cm³/mol. The first-order valence-corrected chi connectivity index (χ1v) is 10.5. The number of likely N-dealkylation sites (tertiary alicyclic amines) is 1. The van der Waals surface area contributed by atoms with Crippen LogP contribution in [0, 0.1) is 11.8 Å². The van der Waals surface area contributed by atoms with Crippen LogP contribution in [0.5, 0.6) is 0 Å². The summed E-state index contributed by atoms with van der Waals surface area (Å²) in [5.41, 5.74) is 0.104. The van der Waals surface area contributed by atoms with Crippen molar-refractivity contribution < 1.29 is 46.7 Å². The van der Waals surface area contributed by atoms with Crippen LogP contribution in [-0.4, -0.2) is 66.3 Å². The van der Waals surface area contributed by atoms with Crippen LogP contribution in [0.15, 0.2) is 46.9 Å². The van der Waals surface area contributed by atoms with Gasteiger partial charge in [0.25, 0.3) is 5.91 Å². The smallest absolute Gasteiger partial charge is 0.430 e. The van der Waals surface area contributed by atoms with E-state index >= 15 is 0 Å². The Balaban J connectivity index is 0.000000540. The number of carbonyl (C=O) groups is 3. The maximum atomic E-state index is 12.7. The molecule has 2 aromatic rings. The normalized spacial score (nSPS) is 16.0. The molecule has 0 saturated carbocycles. The highest BCUT2D eigenvalue weighted by atomic mass is 19.4. The van der Waals surface area contributed by atoms with Gasteiger partial charge in [-0.1, -0.05) is 24.1 Å². The maximum absolute atomic E-state index is 12.7. The molecule has 2 heterocycles. The fourth-order valence-electron chi connectivity index (χ4n) is 3.39. The van der Waals surface area contributed by atoms with Crippen molar-refractivity contribution in [1.82, 2.24) is 5.32 Å². The molecule has 0 spiro atoms. The molecule has 0 bridgehead atoms. The Morgan fingerprint density at radius 2 is 1.66 bits per heavy atom. The number of nitrogens with one attached hydrogen (secondary N) is 1. The molecule has 1 aliphatic heterocycles. The van der Waals surface area contributed by atoms with Gasteiger partial charge in [-0.15, -0.1) is 0 Å². The molecule has 0 unspecified atom stereocenters. The van der Waals surface area contributed by atoms with Gasteiger partial charge in [0.1, 0.15) is 5.97 Å². The van der Waals surface area contributed by atoms with Crippen molar-refractivity contribution >= 4 is 17.8 Å². The number of aliphatic carboxylic acids is 2. The molecule has 0 atom stereocenters. The zero-order chi connectivity index (χ0) is 26.3. The summed E-state index contributed by atoms with van der Waals surface area (Å²) in [5, 5.41) is 21.0. The molecule has 1 saturated heterocycles. The van der Waals surface area contributed by atoms with Crippen molar-refractivity contribution in [1.29, 1.82) is 0 Å². The fraction of sp³-hybridized carbons (Fsp3) is 0.375. The largest absolute Gasteiger partial charge is 0.542 e. The standard InChI is InChI=1S/C22H24N2O4.C2HF3O2/c1-24(2)14-12-22(13-15-24,16-20(25)26)23-21(27)19-11-10-18(28-19)9-8-17-6-4-3-5-7-17;3-2(4,5)1(6)7/h3-7,10-11H,12-16H2,1-2H3,(H-,23,25,26,27);(H,6,7). The van der Waals surface area contributed by atoms with E-state index in [0.717, 1.165) is 23.1 Å². The number of benzene rings is 1. The molecule has 1 aromatic carbocycles. The zero-order valence-corrected chi connectivity index (χ0v) is 19.1. The summed E-state index contributed by atoms with van der Waals surface area (Å²) < 4.78 is 37.9. The number of nitrogens with zero attached hydrogens (tertiary/aromatic N) is 1. The van der Waals surface area contributed by atoms with Gasteiger partial charge in [0, 0.05) is 18.4 Å². The Labute approximate surface area is 199 Å². The Bertz CT molecular complexity index is 1100. The van der Waals surface area contributed by atoms with Crippen LogP contribution in [0.1, 0.15) is 41.1 Å². The van der Waals surface area contributed by atoms with Gasteiger partial charge in [-0.3, -0.25) is 9.59 Å². The van der Waals surface area contributed by atoms with Crippen molar-refractivity contribution in [2.75, 3.05) is 27.2 Å². The Hall–Kier alpha value is -3.78. The van der Waals surface area contributed by atoms with E-state index in [2.05, 4.69) is 31.3 Å². The van der Waals surface area contributed by atoms with E-state index in [1.165, 1.54) is 0 Å². The second-order valence-electron chi connectivity index (χ2n) is 8.75. The first-order valence-electron chi connectivity index (χ1n) is 10.5. The summed E-state index contributed by atoms with van der Waals surface area (Å²) in [6.45, 7) is 1.61. The minimum absolute atomic E-state index is 0.0971. The minimum Gasteiger partial charge on any atom is -0.542 e. The highest BCUT2D eigenvalue weighted by Gasteiger charge is 2.42. The molecule has 8 nitrogen and oxygen atoms in total. The summed E-state index contributed by atoms with van der Waals surface area (Å²) in [7, 11) is 4.22. The van der Waals surface area contributed by atoms with E-state index in [0.29, 0.717) is 18.6 Å². The lowest BCUT2D eigenvalue weighted by atomic mass is 9.83. The number of carbonyl (C=O) groups excluding carboxylic acids is 2. The van der Waals surface area contributed by atoms with E-state index in [9.17, 15) is 27.9 Å². The van der Waals surface area contributed by atoms with Crippen molar-refractivity contribution in [2.45, 2.75) is 31.0 Å². The zero-order valence-electron chi connectivity index (χ0n) is 19.1. The number of hydrogen-bond acceptors (Lipinski definition) is 5. The molecule has 0 aliphatic carbocycles. The van der Waals surface area contributed by atoms with Crippen LogP contribution in [-0.2, 0) is 9.59 Å². The molecule has 11 heteroatoms. The van der Waals surface area contributed by atoms with Gasteiger partial charge >= 0.3 is 12.1 Å². The number of carboxylic acid groups (broad SMARTS) is 2. The highest BCUT2D eigenvalue weighted by molar-refractivity contribution is 5.92. The Kier molecular flexibility index (Phi) is 8.71. The van der Waals surface area contributed by atoms with Crippen LogP contribution < -0.4 is 10.4 Å². The molecule has 2 N–H and O–H groups in total. The topological polar surface area (TPSA) is 120 Å². The van der Waals surface area contributed by atoms with Crippen LogP contribution in [0.4, 0.5) is 13.2 Å². The number of furan rings is 1. The van der Waals surface area contributed by atoms with Crippen molar-refractivity contribution in [3.05, 3.63) is 59.5 Å². The minimum atomic E-state index is -5.19. The number of carboxylic acids is 2. The lowest BCUT2D eigenvalue weighted by Crippen LogP contribution is -2.60. The molecule has 0 radical (unpaired) electrons. The van der Waals surface area contributed by atoms with E-state index in [-0.39, 0.29) is 12.2 Å². The first kappa shape index (κ1) is 27.5.